The number of nitrogen functional groups attached to an aromatic ring is 1. The third-order valence-corrected chi connectivity index (χ3v) is 4.92. The second kappa shape index (κ2) is 7.55. The van der Waals surface area contributed by atoms with E-state index in [0.29, 0.717) is 22.5 Å². The quantitative estimate of drug-likeness (QED) is 0.645. The molecule has 0 aliphatic carbocycles. The lowest BCUT2D eigenvalue weighted by Crippen LogP contribution is -2.10. The van der Waals surface area contributed by atoms with Crippen molar-refractivity contribution in [2.45, 2.75) is 33.1 Å². The van der Waals surface area contributed by atoms with Gasteiger partial charge in [-0.3, -0.25) is 4.79 Å². The van der Waals surface area contributed by atoms with Crippen LogP contribution >= 0.6 is 0 Å². The number of aryl methyl sites for hydroxylation is 2. The van der Waals surface area contributed by atoms with E-state index in [-0.39, 0.29) is 11.5 Å². The molecule has 0 saturated heterocycles. The Labute approximate surface area is 159 Å². The number of H-pyrrole nitrogens is 1. The van der Waals surface area contributed by atoms with Crippen LogP contribution in [0.15, 0.2) is 36.4 Å². The molecule has 0 atom stereocenters. The topological polar surface area (TPSA) is 87.6 Å². The van der Waals surface area contributed by atoms with Gasteiger partial charge in [-0.2, -0.15) is 5.26 Å². The Morgan fingerprint density at radius 3 is 2.56 bits per heavy atom. The fourth-order valence-electron chi connectivity index (χ4n) is 3.59. The van der Waals surface area contributed by atoms with Gasteiger partial charge in [0.1, 0.15) is 17.3 Å². The van der Waals surface area contributed by atoms with Crippen LogP contribution in [0.4, 0.5) is 5.69 Å². The highest BCUT2D eigenvalue weighted by Gasteiger charge is 2.26. The Morgan fingerprint density at radius 1 is 1.26 bits per heavy atom. The summed E-state index contributed by atoms with van der Waals surface area (Å²) >= 11 is 0. The molecule has 1 aromatic carbocycles. The maximum atomic E-state index is 13.0. The summed E-state index contributed by atoms with van der Waals surface area (Å²) in [6.07, 6.45) is 2.88. The molecule has 2 aromatic heterocycles. The van der Waals surface area contributed by atoms with Crippen molar-refractivity contribution in [3.05, 3.63) is 64.5 Å². The summed E-state index contributed by atoms with van der Waals surface area (Å²) in [4.78, 5) is 16.5. The number of hydrogen-bond acceptors (Lipinski definition) is 3. The number of nitriles is 1. The maximum absolute atomic E-state index is 13.0. The van der Waals surface area contributed by atoms with Crippen LogP contribution in [0, 0.1) is 11.3 Å². The second-order valence-corrected chi connectivity index (χ2v) is 6.64. The molecule has 0 spiro atoms. The molecule has 0 amide bonds. The van der Waals surface area contributed by atoms with Gasteiger partial charge < -0.3 is 15.3 Å². The number of nitrogens with zero attached hydrogens (tertiary/aromatic N) is 2. The van der Waals surface area contributed by atoms with Crippen LogP contribution in [-0.4, -0.2) is 15.3 Å². The summed E-state index contributed by atoms with van der Waals surface area (Å²) in [5.74, 6) is -0.186. The van der Waals surface area contributed by atoms with E-state index in [0.717, 1.165) is 25.0 Å². The molecule has 5 nitrogen and oxygen atoms in total. The molecule has 5 heteroatoms. The summed E-state index contributed by atoms with van der Waals surface area (Å²) in [5.41, 5.74) is 11.6. The van der Waals surface area contributed by atoms with Crippen molar-refractivity contribution in [1.82, 2.24) is 9.55 Å². The maximum Gasteiger partial charge on any atom is 0.211 e. The predicted octanol–water partition coefficient (Wildman–Crippen LogP) is 4.22. The molecule has 3 N–H and O–H groups in total. The molecule has 0 saturated carbocycles. The minimum atomic E-state index is -0.186. The van der Waals surface area contributed by atoms with Crippen LogP contribution in [0.2, 0.25) is 0 Å². The van der Waals surface area contributed by atoms with Gasteiger partial charge in [-0.1, -0.05) is 50.6 Å². The van der Waals surface area contributed by atoms with Crippen LogP contribution in [0.1, 0.15) is 53.1 Å². The number of rotatable bonds is 6. The molecule has 0 radical (unpaired) electrons. The number of nitrogens with two attached hydrogens (primary N) is 1. The summed E-state index contributed by atoms with van der Waals surface area (Å²) < 4.78 is 1.74. The Morgan fingerprint density at radius 2 is 1.96 bits per heavy atom. The number of carbonyl (C=O) groups excluding carboxylic acids is 1. The predicted molar refractivity (Wildman–Crippen MR) is 108 cm³/mol. The van der Waals surface area contributed by atoms with Crippen LogP contribution < -0.4 is 5.73 Å². The van der Waals surface area contributed by atoms with Gasteiger partial charge in [0, 0.05) is 18.3 Å². The van der Waals surface area contributed by atoms with Crippen molar-refractivity contribution in [3.63, 3.8) is 0 Å². The Hall–Kier alpha value is -3.26. The van der Waals surface area contributed by atoms with Gasteiger partial charge in [-0.15, -0.1) is 0 Å². The normalized spacial score (nSPS) is 10.7. The fraction of sp³-hybridized carbons (Fsp3) is 0.273. The van der Waals surface area contributed by atoms with Crippen LogP contribution in [0.3, 0.4) is 0 Å². The smallest absolute Gasteiger partial charge is 0.211 e. The molecule has 0 fully saturated rings. The third kappa shape index (κ3) is 3.15. The standard InChI is InChI=1S/C22H24N4O/c1-4-9-17-14(5-2)12-18(25-17)20-16(13-23)19(24)21(26(20)3)22(27)15-10-7-6-8-11-15/h6-8,10-12,25H,4-5,9,24H2,1-3H3. The Balaban J connectivity index is 2.18. The van der Waals surface area contributed by atoms with E-state index in [1.807, 2.05) is 18.2 Å². The zero-order valence-electron chi connectivity index (χ0n) is 16.0. The van der Waals surface area contributed by atoms with Gasteiger partial charge in [0.25, 0.3) is 0 Å². The van der Waals surface area contributed by atoms with Gasteiger partial charge in [-0.05, 0) is 24.5 Å². The van der Waals surface area contributed by atoms with Gasteiger partial charge in [-0.25, -0.2) is 0 Å². The molecule has 0 aliphatic heterocycles. The van der Waals surface area contributed by atoms with Gasteiger partial charge in [0.2, 0.25) is 5.78 Å². The summed E-state index contributed by atoms with van der Waals surface area (Å²) in [5, 5.41) is 9.72. The average Bonchev–Trinajstić information content (AvgIpc) is 3.19. The molecule has 0 aliphatic rings. The van der Waals surface area contributed by atoms with Crippen molar-refractivity contribution < 1.29 is 4.79 Å². The summed E-state index contributed by atoms with van der Waals surface area (Å²) in [6, 6.07) is 13.3. The highest BCUT2D eigenvalue weighted by molar-refractivity contribution is 6.12. The number of hydrogen-bond donors (Lipinski definition) is 2. The largest absolute Gasteiger partial charge is 0.396 e. The molecule has 2 heterocycles. The van der Waals surface area contributed by atoms with Crippen LogP contribution in [0.5, 0.6) is 0 Å². The summed E-state index contributed by atoms with van der Waals surface area (Å²) in [6.45, 7) is 4.25. The van der Waals surface area contributed by atoms with Gasteiger partial charge in [0.15, 0.2) is 0 Å². The van der Waals surface area contributed by atoms with Crippen LogP contribution in [0.25, 0.3) is 11.4 Å². The molecule has 3 aromatic rings. The van der Waals surface area contributed by atoms with Gasteiger partial charge in [0.05, 0.1) is 17.1 Å². The molecule has 138 valence electrons. The van der Waals surface area contributed by atoms with Crippen molar-refractivity contribution in [3.8, 4) is 17.5 Å². The van der Waals surface area contributed by atoms with E-state index in [1.54, 1.807) is 23.7 Å². The number of aromatic nitrogens is 2. The van der Waals surface area contributed by atoms with E-state index in [9.17, 15) is 10.1 Å². The summed E-state index contributed by atoms with van der Waals surface area (Å²) in [7, 11) is 1.79. The zero-order valence-corrected chi connectivity index (χ0v) is 16.0. The Kier molecular flexibility index (Phi) is 5.18. The van der Waals surface area contributed by atoms with E-state index in [4.69, 9.17) is 5.73 Å². The number of ketones is 1. The molecular formula is C22H24N4O. The molecule has 0 unspecified atom stereocenters. The van der Waals surface area contributed by atoms with Crippen molar-refractivity contribution in [2.75, 3.05) is 5.73 Å². The number of benzene rings is 1. The highest BCUT2D eigenvalue weighted by Crippen LogP contribution is 2.34. The lowest BCUT2D eigenvalue weighted by Gasteiger charge is -2.07. The first-order chi connectivity index (χ1) is 13.0. The molecular weight excluding hydrogens is 336 g/mol. The lowest BCUT2D eigenvalue weighted by atomic mass is 10.1. The first-order valence-corrected chi connectivity index (χ1v) is 9.22. The monoisotopic (exact) mass is 360 g/mol. The molecule has 27 heavy (non-hydrogen) atoms. The van der Waals surface area contributed by atoms with Crippen molar-refractivity contribution in [1.29, 1.82) is 5.26 Å². The van der Waals surface area contributed by atoms with Gasteiger partial charge >= 0.3 is 0 Å². The first kappa shape index (κ1) is 18.5. The number of anilines is 1. The van der Waals surface area contributed by atoms with Crippen molar-refractivity contribution in [2.24, 2.45) is 7.05 Å². The van der Waals surface area contributed by atoms with Crippen LogP contribution in [-0.2, 0) is 19.9 Å². The van der Waals surface area contributed by atoms with E-state index >= 15 is 0 Å². The number of carbonyl (C=O) groups is 1. The lowest BCUT2D eigenvalue weighted by molar-refractivity contribution is 0.103. The highest BCUT2D eigenvalue weighted by atomic mass is 16.1. The Bertz CT molecular complexity index is 1020. The minimum absolute atomic E-state index is 0.186. The minimum Gasteiger partial charge on any atom is -0.396 e. The number of nitrogens with one attached hydrogen (secondary N) is 1. The fourth-order valence-corrected chi connectivity index (χ4v) is 3.59. The SMILES string of the molecule is CCCc1[nH]c(-c2c(C#N)c(N)c(C(=O)c3ccccc3)n2C)cc1CC. The van der Waals surface area contributed by atoms with E-state index in [2.05, 4.69) is 31.0 Å². The zero-order chi connectivity index (χ0) is 19.6. The third-order valence-electron chi connectivity index (χ3n) is 4.92. The molecule has 3 rings (SSSR count). The second-order valence-electron chi connectivity index (χ2n) is 6.64. The number of aromatic amines is 1. The average molecular weight is 360 g/mol. The van der Waals surface area contributed by atoms with Crippen molar-refractivity contribution >= 4 is 11.5 Å². The van der Waals surface area contributed by atoms with E-state index in [1.165, 1.54) is 11.3 Å². The first-order valence-electron chi connectivity index (χ1n) is 9.22. The molecule has 0 bridgehead atoms. The van der Waals surface area contributed by atoms with E-state index < -0.39 is 0 Å².